The normalized spacial score (nSPS) is 12.0. The fourth-order valence-corrected chi connectivity index (χ4v) is 1.52. The lowest BCUT2D eigenvalue weighted by molar-refractivity contribution is -0.145. The Kier molecular flexibility index (Phi) is 5.88. The average molecular weight is 276 g/mol. The summed E-state index contributed by atoms with van der Waals surface area (Å²) in [6.07, 6.45) is -1.08. The van der Waals surface area contributed by atoms with E-state index >= 15 is 0 Å². The summed E-state index contributed by atoms with van der Waals surface area (Å²) in [6, 6.07) is 4.06. The minimum absolute atomic E-state index is 0.0378. The molecule has 0 fully saturated rings. The van der Waals surface area contributed by atoms with Crippen molar-refractivity contribution in [1.29, 1.82) is 0 Å². The van der Waals surface area contributed by atoms with Gasteiger partial charge < -0.3 is 15.2 Å². The number of ether oxygens (including phenoxy) is 1. The number of rotatable bonds is 6. The molecule has 0 aliphatic heterocycles. The Morgan fingerprint density at radius 1 is 1.61 bits per heavy atom. The quantitative estimate of drug-likeness (QED) is 0.782. The Bertz CT molecular complexity index is 414. The smallest absolute Gasteiger partial charge is 0.308 e. The molecule has 2 N–H and O–H groups in total. The van der Waals surface area contributed by atoms with Gasteiger partial charge in [0.25, 0.3) is 0 Å². The van der Waals surface area contributed by atoms with Gasteiger partial charge >= 0.3 is 5.97 Å². The molecule has 0 amide bonds. The number of halogens is 2. The van der Waals surface area contributed by atoms with Crippen molar-refractivity contribution in [1.82, 2.24) is 0 Å². The number of carbonyl (C=O) groups is 1. The summed E-state index contributed by atoms with van der Waals surface area (Å²) in [5.41, 5.74) is 0.186. The lowest BCUT2D eigenvalue weighted by Crippen LogP contribution is -2.24. The second kappa shape index (κ2) is 7.18. The van der Waals surface area contributed by atoms with Crippen LogP contribution in [0.25, 0.3) is 0 Å². The second-order valence-corrected chi connectivity index (χ2v) is 4.10. The van der Waals surface area contributed by atoms with Crippen LogP contribution in [-0.4, -0.2) is 30.3 Å². The van der Waals surface area contributed by atoms with Gasteiger partial charge in [0.15, 0.2) is 0 Å². The van der Waals surface area contributed by atoms with Gasteiger partial charge in [-0.25, -0.2) is 4.39 Å². The fourth-order valence-electron chi connectivity index (χ4n) is 1.35. The first-order chi connectivity index (χ1) is 8.52. The van der Waals surface area contributed by atoms with Crippen molar-refractivity contribution in [2.75, 3.05) is 18.5 Å². The predicted molar refractivity (Wildman–Crippen MR) is 67.2 cm³/mol. The number of aliphatic hydroxyl groups is 1. The van der Waals surface area contributed by atoms with Gasteiger partial charge in [-0.05, 0) is 25.1 Å². The van der Waals surface area contributed by atoms with Gasteiger partial charge in [-0.2, -0.15) is 0 Å². The van der Waals surface area contributed by atoms with E-state index in [1.54, 1.807) is 6.92 Å². The molecule has 1 aromatic carbocycles. The summed E-state index contributed by atoms with van der Waals surface area (Å²) in [7, 11) is 0. The Morgan fingerprint density at radius 3 is 3.00 bits per heavy atom. The minimum Gasteiger partial charge on any atom is -0.466 e. The summed E-state index contributed by atoms with van der Waals surface area (Å²) in [5, 5.41) is 12.6. The molecule has 6 heteroatoms. The zero-order valence-electron chi connectivity index (χ0n) is 9.95. The Balaban J connectivity index is 2.44. The van der Waals surface area contributed by atoms with Crippen LogP contribution in [-0.2, 0) is 9.53 Å². The molecule has 1 atom stereocenters. The highest BCUT2D eigenvalue weighted by molar-refractivity contribution is 6.30. The first-order valence-electron chi connectivity index (χ1n) is 5.55. The van der Waals surface area contributed by atoms with Crippen molar-refractivity contribution in [3.63, 3.8) is 0 Å². The Morgan fingerprint density at radius 2 is 2.33 bits per heavy atom. The maximum atomic E-state index is 13.3. The monoisotopic (exact) mass is 275 g/mol. The van der Waals surface area contributed by atoms with Gasteiger partial charge in [0.1, 0.15) is 5.82 Å². The lowest BCUT2D eigenvalue weighted by Gasteiger charge is -2.12. The number of carbonyl (C=O) groups excluding carboxylic acids is 1. The van der Waals surface area contributed by atoms with Crippen LogP contribution in [0.2, 0.25) is 5.02 Å². The van der Waals surface area contributed by atoms with E-state index in [0.717, 1.165) is 0 Å². The van der Waals surface area contributed by atoms with Gasteiger partial charge in [0, 0.05) is 11.6 Å². The van der Waals surface area contributed by atoms with Crippen LogP contribution in [0.4, 0.5) is 10.1 Å². The molecular formula is C12H15ClFNO3. The van der Waals surface area contributed by atoms with Crippen molar-refractivity contribution in [2.45, 2.75) is 19.4 Å². The molecule has 1 rings (SSSR count). The molecule has 1 aromatic rings. The summed E-state index contributed by atoms with van der Waals surface area (Å²) >= 11 is 5.71. The minimum atomic E-state index is -0.942. The van der Waals surface area contributed by atoms with E-state index in [-0.39, 0.29) is 25.3 Å². The first-order valence-corrected chi connectivity index (χ1v) is 5.93. The average Bonchev–Trinajstić information content (AvgIpc) is 2.30. The van der Waals surface area contributed by atoms with Crippen LogP contribution in [0, 0.1) is 5.82 Å². The molecule has 0 aliphatic rings. The third-order valence-corrected chi connectivity index (χ3v) is 2.40. The van der Waals surface area contributed by atoms with E-state index in [0.29, 0.717) is 5.02 Å². The van der Waals surface area contributed by atoms with Crippen LogP contribution >= 0.6 is 11.6 Å². The van der Waals surface area contributed by atoms with Gasteiger partial charge in [0.05, 0.1) is 24.8 Å². The lowest BCUT2D eigenvalue weighted by atomic mass is 10.2. The van der Waals surface area contributed by atoms with Crippen molar-refractivity contribution in [2.24, 2.45) is 0 Å². The number of aliphatic hydroxyl groups excluding tert-OH is 1. The molecule has 100 valence electrons. The zero-order valence-corrected chi connectivity index (χ0v) is 10.7. The van der Waals surface area contributed by atoms with E-state index in [1.165, 1.54) is 18.2 Å². The third kappa shape index (κ3) is 4.89. The van der Waals surface area contributed by atoms with Gasteiger partial charge in [-0.15, -0.1) is 0 Å². The standard InChI is InChI=1S/C12H15ClFNO3/c1-2-18-12(17)6-9(16)7-15-11-5-8(13)3-4-10(11)14/h3-5,9,15-16H,2,6-7H2,1H3. The van der Waals surface area contributed by atoms with Crippen molar-refractivity contribution < 1.29 is 19.0 Å². The molecule has 0 aromatic heterocycles. The molecule has 18 heavy (non-hydrogen) atoms. The molecule has 0 saturated heterocycles. The van der Waals surface area contributed by atoms with Gasteiger partial charge in [-0.3, -0.25) is 4.79 Å². The number of anilines is 1. The predicted octanol–water partition coefficient (Wildman–Crippen LogP) is 2.21. The van der Waals surface area contributed by atoms with Gasteiger partial charge in [0.2, 0.25) is 0 Å². The Hall–Kier alpha value is -1.33. The van der Waals surface area contributed by atoms with E-state index in [9.17, 15) is 14.3 Å². The highest BCUT2D eigenvalue weighted by atomic mass is 35.5. The van der Waals surface area contributed by atoms with E-state index in [4.69, 9.17) is 11.6 Å². The summed E-state index contributed by atoms with van der Waals surface area (Å²) in [4.78, 5) is 11.1. The molecule has 4 nitrogen and oxygen atoms in total. The number of hydrogen-bond donors (Lipinski definition) is 2. The number of esters is 1. The van der Waals surface area contributed by atoms with E-state index in [1.807, 2.05) is 0 Å². The summed E-state index contributed by atoms with van der Waals surface area (Å²) < 4.78 is 18.0. The molecule has 0 bridgehead atoms. The SMILES string of the molecule is CCOC(=O)CC(O)CNc1cc(Cl)ccc1F. The second-order valence-electron chi connectivity index (χ2n) is 3.67. The zero-order chi connectivity index (χ0) is 13.5. The topological polar surface area (TPSA) is 58.6 Å². The van der Waals surface area contributed by atoms with Crippen molar-refractivity contribution >= 4 is 23.3 Å². The van der Waals surface area contributed by atoms with Crippen molar-refractivity contribution in [3.8, 4) is 0 Å². The maximum Gasteiger partial charge on any atom is 0.308 e. The Labute approximate surface area is 110 Å². The van der Waals surface area contributed by atoms with Crippen LogP contribution in [0.15, 0.2) is 18.2 Å². The van der Waals surface area contributed by atoms with Crippen molar-refractivity contribution in [3.05, 3.63) is 29.0 Å². The fraction of sp³-hybridized carbons (Fsp3) is 0.417. The molecule has 1 unspecified atom stereocenters. The molecule has 0 saturated carbocycles. The molecule has 0 heterocycles. The van der Waals surface area contributed by atoms with Crippen LogP contribution < -0.4 is 5.32 Å². The third-order valence-electron chi connectivity index (χ3n) is 2.16. The summed E-state index contributed by atoms with van der Waals surface area (Å²) in [6.45, 7) is 1.99. The summed E-state index contributed by atoms with van der Waals surface area (Å²) in [5.74, 6) is -0.957. The number of nitrogens with one attached hydrogen (secondary N) is 1. The van der Waals surface area contributed by atoms with Crippen LogP contribution in [0.3, 0.4) is 0 Å². The van der Waals surface area contributed by atoms with E-state index < -0.39 is 17.9 Å². The molecule has 0 aliphatic carbocycles. The maximum absolute atomic E-state index is 13.3. The molecule has 0 radical (unpaired) electrons. The largest absolute Gasteiger partial charge is 0.466 e. The van der Waals surface area contributed by atoms with Gasteiger partial charge in [-0.1, -0.05) is 11.6 Å². The molecular weight excluding hydrogens is 261 g/mol. The van der Waals surface area contributed by atoms with Crippen LogP contribution in [0.5, 0.6) is 0 Å². The first kappa shape index (κ1) is 14.7. The van der Waals surface area contributed by atoms with E-state index in [2.05, 4.69) is 10.1 Å². The number of benzene rings is 1. The van der Waals surface area contributed by atoms with Crippen LogP contribution in [0.1, 0.15) is 13.3 Å². The highest BCUT2D eigenvalue weighted by Crippen LogP contribution is 2.19. The highest BCUT2D eigenvalue weighted by Gasteiger charge is 2.12. The molecule has 0 spiro atoms. The number of hydrogen-bond acceptors (Lipinski definition) is 4.